The molecule has 21 heavy (non-hydrogen) atoms. The van der Waals surface area contributed by atoms with E-state index in [9.17, 15) is 4.39 Å². The maximum atomic E-state index is 13.2. The van der Waals surface area contributed by atoms with E-state index >= 15 is 0 Å². The molecular weight excluding hydrogens is 283 g/mol. The number of hydrogen-bond acceptors (Lipinski definition) is 3. The van der Waals surface area contributed by atoms with Crippen LogP contribution in [0, 0.1) is 5.82 Å². The first-order valence-electron chi connectivity index (χ1n) is 6.66. The Morgan fingerprint density at radius 1 is 1.10 bits per heavy atom. The van der Waals surface area contributed by atoms with Crippen molar-refractivity contribution in [3.05, 3.63) is 66.2 Å². The lowest BCUT2D eigenvalue weighted by molar-refractivity contribution is 0.624. The number of benzene rings is 2. The molecule has 0 bridgehead atoms. The van der Waals surface area contributed by atoms with E-state index in [0.717, 1.165) is 16.0 Å². The van der Waals surface area contributed by atoms with Crippen LogP contribution in [0.3, 0.4) is 0 Å². The molecule has 2 aromatic carbocycles. The maximum Gasteiger partial charge on any atom is 0.124 e. The SMILES string of the molecule is CSc1cc(F)ccc1NCc1ccc2cnccc2c1. The Hall–Kier alpha value is -2.07. The summed E-state index contributed by atoms with van der Waals surface area (Å²) in [6.45, 7) is 0.706. The van der Waals surface area contributed by atoms with Crippen LogP contribution in [0.5, 0.6) is 0 Å². The van der Waals surface area contributed by atoms with Crippen molar-refractivity contribution in [1.29, 1.82) is 0 Å². The summed E-state index contributed by atoms with van der Waals surface area (Å²) in [5.74, 6) is -0.205. The number of fused-ring (bicyclic) bond motifs is 1. The molecule has 0 fully saturated rings. The molecule has 0 radical (unpaired) electrons. The number of halogens is 1. The molecule has 0 aliphatic heterocycles. The van der Waals surface area contributed by atoms with Gasteiger partial charge in [-0.1, -0.05) is 12.1 Å². The Labute approximate surface area is 127 Å². The molecule has 0 spiro atoms. The van der Waals surface area contributed by atoms with Gasteiger partial charge in [-0.3, -0.25) is 4.98 Å². The van der Waals surface area contributed by atoms with Crippen molar-refractivity contribution in [3.63, 3.8) is 0 Å². The zero-order chi connectivity index (χ0) is 14.7. The Kier molecular flexibility index (Phi) is 4.06. The van der Waals surface area contributed by atoms with E-state index in [-0.39, 0.29) is 5.82 Å². The maximum absolute atomic E-state index is 13.2. The topological polar surface area (TPSA) is 24.9 Å². The highest BCUT2D eigenvalue weighted by Crippen LogP contribution is 2.26. The summed E-state index contributed by atoms with van der Waals surface area (Å²) in [5.41, 5.74) is 2.14. The van der Waals surface area contributed by atoms with Crippen molar-refractivity contribution in [2.75, 3.05) is 11.6 Å². The molecule has 1 heterocycles. The van der Waals surface area contributed by atoms with Gasteiger partial charge in [-0.25, -0.2) is 4.39 Å². The van der Waals surface area contributed by atoms with Crippen molar-refractivity contribution >= 4 is 28.2 Å². The van der Waals surface area contributed by atoms with Crippen LogP contribution >= 0.6 is 11.8 Å². The van der Waals surface area contributed by atoms with Gasteiger partial charge in [0.05, 0.1) is 0 Å². The van der Waals surface area contributed by atoms with Gasteiger partial charge in [0.15, 0.2) is 0 Å². The third-order valence-corrected chi connectivity index (χ3v) is 4.13. The van der Waals surface area contributed by atoms with Crippen LogP contribution in [0.1, 0.15) is 5.56 Å². The van der Waals surface area contributed by atoms with E-state index < -0.39 is 0 Å². The van der Waals surface area contributed by atoms with E-state index in [2.05, 4.69) is 28.5 Å². The third-order valence-electron chi connectivity index (χ3n) is 3.35. The lowest BCUT2D eigenvalue weighted by Crippen LogP contribution is -2.00. The van der Waals surface area contributed by atoms with Crippen LogP contribution in [-0.2, 0) is 6.54 Å². The first-order valence-corrected chi connectivity index (χ1v) is 7.89. The predicted molar refractivity (Wildman–Crippen MR) is 87.3 cm³/mol. The van der Waals surface area contributed by atoms with Gasteiger partial charge in [-0.2, -0.15) is 0 Å². The second-order valence-electron chi connectivity index (χ2n) is 4.76. The van der Waals surface area contributed by atoms with Crippen LogP contribution in [0.2, 0.25) is 0 Å². The standard InChI is InChI=1S/C17H15FN2S/c1-21-17-9-15(18)4-5-16(17)20-10-12-2-3-14-11-19-7-6-13(14)8-12/h2-9,11,20H,10H2,1H3. The Balaban J connectivity index is 1.80. The minimum atomic E-state index is -0.205. The molecule has 0 aliphatic carbocycles. The van der Waals surface area contributed by atoms with Crippen molar-refractivity contribution < 1.29 is 4.39 Å². The molecule has 0 atom stereocenters. The van der Waals surface area contributed by atoms with Crippen LogP contribution in [0.25, 0.3) is 10.8 Å². The Morgan fingerprint density at radius 3 is 2.86 bits per heavy atom. The van der Waals surface area contributed by atoms with Gasteiger partial charge in [-0.15, -0.1) is 11.8 Å². The van der Waals surface area contributed by atoms with Gasteiger partial charge in [0.1, 0.15) is 5.82 Å². The fraction of sp³-hybridized carbons (Fsp3) is 0.118. The lowest BCUT2D eigenvalue weighted by atomic mass is 10.1. The summed E-state index contributed by atoms with van der Waals surface area (Å²) in [6.07, 6.45) is 5.60. The smallest absolute Gasteiger partial charge is 0.124 e. The monoisotopic (exact) mass is 298 g/mol. The van der Waals surface area contributed by atoms with Gasteiger partial charge >= 0.3 is 0 Å². The number of rotatable bonds is 4. The quantitative estimate of drug-likeness (QED) is 0.706. The molecule has 0 saturated carbocycles. The number of aromatic nitrogens is 1. The number of hydrogen-bond donors (Lipinski definition) is 1. The molecule has 0 amide bonds. The number of nitrogens with one attached hydrogen (secondary N) is 1. The number of anilines is 1. The molecule has 3 rings (SSSR count). The first kappa shape index (κ1) is 13.9. The van der Waals surface area contributed by atoms with Crippen molar-refractivity contribution in [2.45, 2.75) is 11.4 Å². The summed E-state index contributed by atoms with van der Waals surface area (Å²) in [5, 5.41) is 5.68. The average molecular weight is 298 g/mol. The van der Waals surface area contributed by atoms with Gasteiger partial charge in [-0.05, 0) is 47.5 Å². The number of nitrogens with zero attached hydrogens (tertiary/aromatic N) is 1. The van der Waals surface area contributed by atoms with Crippen molar-refractivity contribution in [3.8, 4) is 0 Å². The van der Waals surface area contributed by atoms with Gasteiger partial charge in [0.25, 0.3) is 0 Å². The zero-order valence-corrected chi connectivity index (χ0v) is 12.5. The highest BCUT2D eigenvalue weighted by Gasteiger charge is 2.03. The molecule has 106 valence electrons. The van der Waals surface area contributed by atoms with E-state index in [0.29, 0.717) is 6.54 Å². The van der Waals surface area contributed by atoms with Gasteiger partial charge in [0, 0.05) is 34.9 Å². The zero-order valence-electron chi connectivity index (χ0n) is 11.6. The molecule has 3 aromatic rings. The molecule has 0 saturated heterocycles. The first-order chi connectivity index (χ1) is 10.3. The summed E-state index contributed by atoms with van der Waals surface area (Å²) in [6, 6.07) is 13.1. The van der Waals surface area contributed by atoms with Gasteiger partial charge in [0.2, 0.25) is 0 Å². The largest absolute Gasteiger partial charge is 0.380 e. The molecule has 2 nitrogen and oxygen atoms in total. The molecule has 0 aliphatic rings. The summed E-state index contributed by atoms with van der Waals surface area (Å²) >= 11 is 1.54. The fourth-order valence-corrected chi connectivity index (χ4v) is 2.84. The Morgan fingerprint density at radius 2 is 2.00 bits per heavy atom. The minimum absolute atomic E-state index is 0.205. The molecule has 1 N–H and O–H groups in total. The lowest BCUT2D eigenvalue weighted by Gasteiger charge is -2.11. The molecule has 4 heteroatoms. The average Bonchev–Trinajstić information content (AvgIpc) is 2.53. The molecule has 1 aromatic heterocycles. The second kappa shape index (κ2) is 6.14. The van der Waals surface area contributed by atoms with Crippen LogP contribution < -0.4 is 5.32 Å². The Bertz CT molecular complexity index is 774. The fourth-order valence-electron chi connectivity index (χ4n) is 2.25. The number of thioether (sulfide) groups is 1. The van der Waals surface area contributed by atoms with E-state index in [4.69, 9.17) is 0 Å². The van der Waals surface area contributed by atoms with E-state index in [1.165, 1.54) is 28.8 Å². The molecule has 0 unspecified atom stereocenters. The predicted octanol–water partition coefficient (Wildman–Crippen LogP) is 4.71. The minimum Gasteiger partial charge on any atom is -0.380 e. The number of pyridine rings is 1. The van der Waals surface area contributed by atoms with Crippen LogP contribution in [0.15, 0.2) is 59.8 Å². The third kappa shape index (κ3) is 3.16. The van der Waals surface area contributed by atoms with Crippen molar-refractivity contribution in [1.82, 2.24) is 4.98 Å². The van der Waals surface area contributed by atoms with Crippen molar-refractivity contribution in [2.24, 2.45) is 0 Å². The van der Waals surface area contributed by atoms with E-state index in [1.807, 2.05) is 18.5 Å². The van der Waals surface area contributed by atoms with E-state index in [1.54, 1.807) is 18.3 Å². The highest BCUT2D eigenvalue weighted by molar-refractivity contribution is 7.98. The summed E-state index contributed by atoms with van der Waals surface area (Å²) < 4.78 is 13.2. The van der Waals surface area contributed by atoms with Gasteiger partial charge < -0.3 is 5.32 Å². The summed E-state index contributed by atoms with van der Waals surface area (Å²) in [7, 11) is 0. The van der Waals surface area contributed by atoms with Crippen LogP contribution in [-0.4, -0.2) is 11.2 Å². The second-order valence-corrected chi connectivity index (χ2v) is 5.60. The molecular formula is C17H15FN2S. The highest BCUT2D eigenvalue weighted by atomic mass is 32.2. The van der Waals surface area contributed by atoms with Crippen LogP contribution in [0.4, 0.5) is 10.1 Å². The normalized spacial score (nSPS) is 10.8. The summed E-state index contributed by atoms with van der Waals surface area (Å²) in [4.78, 5) is 5.03.